The van der Waals surface area contributed by atoms with E-state index in [2.05, 4.69) is 23.3 Å². The highest BCUT2D eigenvalue weighted by atomic mass is 16.5. The molecule has 1 N–H and O–H groups in total. The molecule has 2 aromatic carbocycles. The fourth-order valence-corrected chi connectivity index (χ4v) is 3.96. The molecule has 5 nitrogen and oxygen atoms in total. The number of nitrogens with zero attached hydrogens (tertiary/aromatic N) is 1. The molecule has 1 fully saturated rings. The first-order valence-corrected chi connectivity index (χ1v) is 9.85. The molecule has 5 heteroatoms. The maximum atomic E-state index is 12.5. The lowest BCUT2D eigenvalue weighted by Crippen LogP contribution is -2.38. The Bertz CT molecular complexity index is 927. The van der Waals surface area contributed by atoms with Crippen LogP contribution < -0.4 is 9.47 Å². The fourth-order valence-electron chi connectivity index (χ4n) is 3.96. The third kappa shape index (κ3) is 3.98. The quantitative estimate of drug-likeness (QED) is 0.694. The first-order chi connectivity index (χ1) is 13.7. The summed E-state index contributed by atoms with van der Waals surface area (Å²) in [7, 11) is 1.69. The van der Waals surface area contributed by atoms with Gasteiger partial charge in [0, 0.05) is 30.2 Å². The number of aromatic amines is 1. The number of hydrogen-bond donors (Lipinski definition) is 1. The molecular weight excluding hydrogens is 352 g/mol. The van der Waals surface area contributed by atoms with Crippen LogP contribution in [0.15, 0.2) is 54.7 Å². The molecule has 1 aromatic heterocycles. The second-order valence-corrected chi connectivity index (χ2v) is 7.22. The predicted molar refractivity (Wildman–Crippen MR) is 110 cm³/mol. The highest BCUT2D eigenvalue weighted by Gasteiger charge is 2.25. The van der Waals surface area contributed by atoms with Crippen LogP contribution >= 0.6 is 0 Å². The van der Waals surface area contributed by atoms with Crippen molar-refractivity contribution in [3.05, 3.63) is 60.3 Å². The van der Waals surface area contributed by atoms with Crippen molar-refractivity contribution in [2.45, 2.75) is 25.2 Å². The number of benzene rings is 2. The summed E-state index contributed by atoms with van der Waals surface area (Å²) in [5, 5.41) is 1.22. The van der Waals surface area contributed by atoms with Crippen LogP contribution in [0.25, 0.3) is 10.9 Å². The summed E-state index contributed by atoms with van der Waals surface area (Å²) in [5.41, 5.74) is 2.46. The molecule has 0 radical (unpaired) electrons. The molecule has 4 rings (SSSR count). The van der Waals surface area contributed by atoms with Gasteiger partial charge in [0.2, 0.25) is 5.91 Å². The van der Waals surface area contributed by atoms with Crippen LogP contribution in [0.2, 0.25) is 0 Å². The Kier molecular flexibility index (Phi) is 5.51. The minimum atomic E-state index is 0.176. The topological polar surface area (TPSA) is 54.6 Å². The molecule has 0 unspecified atom stereocenters. The van der Waals surface area contributed by atoms with Crippen molar-refractivity contribution in [3.8, 4) is 11.5 Å². The fraction of sp³-hybridized carbons (Fsp3) is 0.348. The zero-order valence-corrected chi connectivity index (χ0v) is 16.2. The van der Waals surface area contributed by atoms with Crippen molar-refractivity contribution >= 4 is 16.8 Å². The Hall–Kier alpha value is -2.95. The van der Waals surface area contributed by atoms with Gasteiger partial charge in [0.1, 0.15) is 11.5 Å². The largest absolute Gasteiger partial charge is 0.497 e. The van der Waals surface area contributed by atoms with Crippen molar-refractivity contribution in [1.29, 1.82) is 0 Å². The predicted octanol–water partition coefficient (Wildman–Crippen LogP) is 4.35. The smallest absolute Gasteiger partial charge is 0.225 e. The van der Waals surface area contributed by atoms with Crippen LogP contribution in [0.4, 0.5) is 0 Å². The van der Waals surface area contributed by atoms with E-state index in [1.807, 2.05) is 41.3 Å². The summed E-state index contributed by atoms with van der Waals surface area (Å²) in [6.07, 6.45) is 4.49. The number of nitrogens with one attached hydrogen (secondary N) is 1. The van der Waals surface area contributed by atoms with E-state index in [0.29, 0.717) is 18.9 Å². The molecule has 1 aliphatic heterocycles. The van der Waals surface area contributed by atoms with Crippen molar-refractivity contribution in [1.82, 2.24) is 9.88 Å². The summed E-state index contributed by atoms with van der Waals surface area (Å²) in [6, 6.07) is 15.8. The molecule has 1 amide bonds. The number of aromatic nitrogens is 1. The third-order valence-electron chi connectivity index (χ3n) is 5.54. The van der Waals surface area contributed by atoms with Crippen molar-refractivity contribution in [3.63, 3.8) is 0 Å². The van der Waals surface area contributed by atoms with Gasteiger partial charge in [0.25, 0.3) is 0 Å². The molecule has 3 aromatic rings. The zero-order valence-electron chi connectivity index (χ0n) is 16.2. The molecule has 0 saturated carbocycles. The molecular formula is C23H26N2O3. The maximum absolute atomic E-state index is 12.5. The van der Waals surface area contributed by atoms with E-state index in [-0.39, 0.29) is 5.91 Å². The summed E-state index contributed by atoms with van der Waals surface area (Å²) in [5.74, 6) is 2.32. The summed E-state index contributed by atoms with van der Waals surface area (Å²) < 4.78 is 11.0. The van der Waals surface area contributed by atoms with E-state index in [9.17, 15) is 4.79 Å². The normalized spacial score (nSPS) is 15.0. The van der Waals surface area contributed by atoms with Gasteiger partial charge in [-0.3, -0.25) is 4.79 Å². The highest BCUT2D eigenvalue weighted by molar-refractivity contribution is 5.85. The number of hydrogen-bond acceptors (Lipinski definition) is 3. The highest BCUT2D eigenvalue weighted by Crippen LogP contribution is 2.34. The van der Waals surface area contributed by atoms with Crippen molar-refractivity contribution in [2.75, 3.05) is 26.8 Å². The van der Waals surface area contributed by atoms with E-state index < -0.39 is 0 Å². The van der Waals surface area contributed by atoms with E-state index in [1.165, 1.54) is 10.9 Å². The Morgan fingerprint density at radius 2 is 1.89 bits per heavy atom. The molecule has 0 aliphatic carbocycles. The molecule has 1 saturated heterocycles. The number of fused-ring (bicyclic) bond motifs is 1. The monoisotopic (exact) mass is 378 g/mol. The van der Waals surface area contributed by atoms with Gasteiger partial charge in [-0.05, 0) is 54.7 Å². The number of amides is 1. The first-order valence-electron chi connectivity index (χ1n) is 9.85. The summed E-state index contributed by atoms with van der Waals surface area (Å²) in [4.78, 5) is 17.8. The van der Waals surface area contributed by atoms with Crippen LogP contribution in [0, 0.1) is 0 Å². The molecule has 0 bridgehead atoms. The Balaban J connectivity index is 1.31. The van der Waals surface area contributed by atoms with Crippen molar-refractivity contribution in [2.24, 2.45) is 0 Å². The lowest BCUT2D eigenvalue weighted by atomic mass is 9.89. The van der Waals surface area contributed by atoms with Gasteiger partial charge in [-0.15, -0.1) is 0 Å². The van der Waals surface area contributed by atoms with E-state index in [1.54, 1.807) is 7.11 Å². The molecule has 0 atom stereocenters. The molecule has 28 heavy (non-hydrogen) atoms. The molecule has 0 spiro atoms. The number of carbonyl (C=O) groups excluding carboxylic acids is 1. The number of piperidine rings is 1. The number of H-pyrrole nitrogens is 1. The van der Waals surface area contributed by atoms with Crippen LogP contribution in [-0.2, 0) is 4.79 Å². The standard InChI is InChI=1S/C23H26N2O3/c1-27-19-7-8-22-20(15-19)21(16-24-22)17-9-12-25(13-10-17)23(26)11-14-28-18-5-3-2-4-6-18/h2-8,15-17,24H,9-14H2,1H3. The van der Waals surface area contributed by atoms with Crippen LogP contribution in [0.5, 0.6) is 11.5 Å². The molecule has 1 aliphatic rings. The van der Waals surface area contributed by atoms with E-state index in [0.717, 1.165) is 42.9 Å². The van der Waals surface area contributed by atoms with Gasteiger partial charge in [-0.25, -0.2) is 0 Å². The van der Waals surface area contributed by atoms with E-state index in [4.69, 9.17) is 9.47 Å². The van der Waals surface area contributed by atoms with Gasteiger partial charge < -0.3 is 19.4 Å². The third-order valence-corrected chi connectivity index (χ3v) is 5.54. The second-order valence-electron chi connectivity index (χ2n) is 7.22. The van der Waals surface area contributed by atoms with Gasteiger partial charge in [-0.1, -0.05) is 18.2 Å². The number of ether oxygens (including phenoxy) is 2. The van der Waals surface area contributed by atoms with Gasteiger partial charge in [0.15, 0.2) is 0 Å². The summed E-state index contributed by atoms with van der Waals surface area (Å²) >= 11 is 0. The van der Waals surface area contributed by atoms with E-state index >= 15 is 0 Å². The minimum Gasteiger partial charge on any atom is -0.497 e. The number of para-hydroxylation sites is 1. The Labute approximate surface area is 165 Å². The van der Waals surface area contributed by atoms with Gasteiger partial charge in [-0.2, -0.15) is 0 Å². The number of likely N-dealkylation sites (tertiary alicyclic amines) is 1. The van der Waals surface area contributed by atoms with Gasteiger partial charge in [0.05, 0.1) is 20.1 Å². The summed E-state index contributed by atoms with van der Waals surface area (Å²) in [6.45, 7) is 2.02. The Morgan fingerprint density at radius 1 is 1.11 bits per heavy atom. The SMILES string of the molecule is COc1ccc2[nH]cc(C3CCN(C(=O)CCOc4ccccc4)CC3)c2c1. The van der Waals surface area contributed by atoms with Crippen LogP contribution in [-0.4, -0.2) is 42.6 Å². The van der Waals surface area contributed by atoms with Crippen LogP contribution in [0.1, 0.15) is 30.7 Å². The molecule has 146 valence electrons. The minimum absolute atomic E-state index is 0.176. The maximum Gasteiger partial charge on any atom is 0.225 e. The zero-order chi connectivity index (χ0) is 19.3. The second kappa shape index (κ2) is 8.38. The van der Waals surface area contributed by atoms with Crippen molar-refractivity contribution < 1.29 is 14.3 Å². The average molecular weight is 378 g/mol. The Morgan fingerprint density at radius 3 is 2.64 bits per heavy atom. The number of methoxy groups -OCH3 is 1. The molecule has 2 heterocycles. The first kappa shape index (κ1) is 18.4. The van der Waals surface area contributed by atoms with Crippen LogP contribution in [0.3, 0.4) is 0 Å². The average Bonchev–Trinajstić information content (AvgIpc) is 3.17. The number of carbonyl (C=O) groups is 1. The number of rotatable bonds is 6. The van der Waals surface area contributed by atoms with Gasteiger partial charge >= 0.3 is 0 Å². The lowest BCUT2D eigenvalue weighted by molar-refractivity contribution is -0.132. The lowest BCUT2D eigenvalue weighted by Gasteiger charge is -2.32.